The minimum Gasteiger partial charge on any atom is -0.478 e. The molecule has 4 heteroatoms. The van der Waals surface area contributed by atoms with Crippen molar-refractivity contribution in [1.29, 1.82) is 0 Å². The van der Waals surface area contributed by atoms with E-state index < -0.39 is 5.97 Å². The molecule has 0 amide bonds. The number of aryl methyl sites for hydroxylation is 1. The SMILES string of the molecule is Cc1cccc(C(=O)O)c1NC1CCOC(C)(C)C1. The minimum absolute atomic E-state index is 0.151. The van der Waals surface area contributed by atoms with Gasteiger partial charge in [0.2, 0.25) is 0 Å². The Labute approximate surface area is 113 Å². The number of carbonyl (C=O) groups is 1. The predicted octanol–water partition coefficient (Wildman–Crippen LogP) is 3.06. The van der Waals surface area contributed by atoms with Crippen LogP contribution in [0.5, 0.6) is 0 Å². The van der Waals surface area contributed by atoms with E-state index in [2.05, 4.69) is 19.2 Å². The molecule has 104 valence electrons. The quantitative estimate of drug-likeness (QED) is 0.880. The summed E-state index contributed by atoms with van der Waals surface area (Å²) in [6.07, 6.45) is 1.78. The van der Waals surface area contributed by atoms with E-state index in [9.17, 15) is 9.90 Å². The number of aromatic carboxylic acids is 1. The van der Waals surface area contributed by atoms with Crippen molar-refractivity contribution >= 4 is 11.7 Å². The summed E-state index contributed by atoms with van der Waals surface area (Å²) in [6, 6.07) is 5.60. The predicted molar refractivity (Wildman–Crippen MR) is 74.8 cm³/mol. The highest BCUT2D eigenvalue weighted by atomic mass is 16.5. The van der Waals surface area contributed by atoms with E-state index in [1.165, 1.54) is 0 Å². The largest absolute Gasteiger partial charge is 0.478 e. The van der Waals surface area contributed by atoms with E-state index in [-0.39, 0.29) is 11.6 Å². The number of hydrogen-bond donors (Lipinski definition) is 2. The number of rotatable bonds is 3. The van der Waals surface area contributed by atoms with E-state index in [1.807, 2.05) is 13.0 Å². The van der Waals surface area contributed by atoms with Gasteiger partial charge in [0.25, 0.3) is 0 Å². The van der Waals surface area contributed by atoms with Crippen LogP contribution < -0.4 is 5.32 Å². The van der Waals surface area contributed by atoms with Crippen molar-refractivity contribution in [3.8, 4) is 0 Å². The van der Waals surface area contributed by atoms with E-state index in [0.717, 1.165) is 24.1 Å². The Bertz CT molecular complexity index is 482. The van der Waals surface area contributed by atoms with Crippen molar-refractivity contribution in [3.05, 3.63) is 29.3 Å². The van der Waals surface area contributed by atoms with Gasteiger partial charge in [0.15, 0.2) is 0 Å². The van der Waals surface area contributed by atoms with Gasteiger partial charge >= 0.3 is 5.97 Å². The first kappa shape index (κ1) is 13.9. The Balaban J connectivity index is 2.21. The van der Waals surface area contributed by atoms with Crippen LogP contribution in [0.15, 0.2) is 18.2 Å². The average Bonchev–Trinajstić information content (AvgIpc) is 2.30. The first-order valence-electron chi connectivity index (χ1n) is 6.62. The summed E-state index contributed by atoms with van der Waals surface area (Å²) in [4.78, 5) is 11.3. The van der Waals surface area contributed by atoms with Crippen LogP contribution in [0, 0.1) is 6.92 Å². The molecule has 0 saturated carbocycles. The van der Waals surface area contributed by atoms with Crippen molar-refractivity contribution in [2.45, 2.75) is 45.3 Å². The van der Waals surface area contributed by atoms with Gasteiger partial charge in [0, 0.05) is 12.6 Å². The summed E-state index contributed by atoms with van der Waals surface area (Å²) in [5, 5.41) is 12.7. The standard InChI is InChI=1S/C15H21NO3/c1-10-5-4-6-12(14(17)18)13(10)16-11-7-8-19-15(2,3)9-11/h4-6,11,16H,7-9H2,1-3H3,(H,17,18). The molecule has 1 aromatic rings. The molecule has 0 spiro atoms. The number of benzene rings is 1. The van der Waals surface area contributed by atoms with Gasteiger partial charge in [-0.3, -0.25) is 0 Å². The second kappa shape index (κ2) is 5.21. The molecule has 1 aliphatic heterocycles. The Hall–Kier alpha value is -1.55. The molecule has 2 N–H and O–H groups in total. The molecule has 4 nitrogen and oxygen atoms in total. The van der Waals surface area contributed by atoms with Crippen LogP contribution >= 0.6 is 0 Å². The maximum atomic E-state index is 11.3. The van der Waals surface area contributed by atoms with Crippen molar-refractivity contribution in [3.63, 3.8) is 0 Å². The zero-order valence-corrected chi connectivity index (χ0v) is 11.7. The van der Waals surface area contributed by atoms with Gasteiger partial charge in [-0.2, -0.15) is 0 Å². The topological polar surface area (TPSA) is 58.6 Å². The lowest BCUT2D eigenvalue weighted by atomic mass is 9.93. The van der Waals surface area contributed by atoms with Crippen molar-refractivity contribution < 1.29 is 14.6 Å². The van der Waals surface area contributed by atoms with E-state index in [1.54, 1.807) is 12.1 Å². The number of ether oxygens (including phenoxy) is 1. The Kier molecular flexibility index (Phi) is 3.80. The van der Waals surface area contributed by atoms with Crippen molar-refractivity contribution in [2.24, 2.45) is 0 Å². The molecule has 1 heterocycles. The molecular formula is C15H21NO3. The van der Waals surface area contributed by atoms with Crippen LogP contribution in [0.1, 0.15) is 42.6 Å². The molecular weight excluding hydrogens is 242 g/mol. The zero-order chi connectivity index (χ0) is 14.0. The highest BCUT2D eigenvalue weighted by Crippen LogP contribution is 2.29. The molecule has 2 rings (SSSR count). The first-order chi connectivity index (χ1) is 8.89. The average molecular weight is 263 g/mol. The van der Waals surface area contributed by atoms with Gasteiger partial charge in [-0.05, 0) is 45.2 Å². The molecule has 1 atom stereocenters. The van der Waals surface area contributed by atoms with Gasteiger partial charge in [-0.15, -0.1) is 0 Å². The lowest BCUT2D eigenvalue weighted by molar-refractivity contribution is -0.0553. The maximum Gasteiger partial charge on any atom is 0.337 e. The monoisotopic (exact) mass is 263 g/mol. The van der Waals surface area contributed by atoms with E-state index in [0.29, 0.717) is 12.2 Å². The van der Waals surface area contributed by atoms with Crippen LogP contribution in [0.4, 0.5) is 5.69 Å². The molecule has 0 radical (unpaired) electrons. The normalized spacial score (nSPS) is 21.9. The van der Waals surface area contributed by atoms with Crippen LogP contribution in [0.3, 0.4) is 0 Å². The summed E-state index contributed by atoms with van der Waals surface area (Å²) in [6.45, 7) is 6.77. The van der Waals surface area contributed by atoms with Gasteiger partial charge in [-0.1, -0.05) is 12.1 Å². The van der Waals surface area contributed by atoms with Crippen molar-refractivity contribution in [1.82, 2.24) is 0 Å². The minimum atomic E-state index is -0.891. The van der Waals surface area contributed by atoms with Gasteiger partial charge < -0.3 is 15.2 Å². The molecule has 1 aromatic carbocycles. The second-order valence-electron chi connectivity index (χ2n) is 5.74. The fraction of sp³-hybridized carbons (Fsp3) is 0.533. The highest BCUT2D eigenvalue weighted by molar-refractivity contribution is 5.95. The van der Waals surface area contributed by atoms with Crippen LogP contribution in [-0.4, -0.2) is 29.3 Å². The molecule has 0 aliphatic carbocycles. The molecule has 19 heavy (non-hydrogen) atoms. The maximum absolute atomic E-state index is 11.3. The molecule has 1 aliphatic rings. The third kappa shape index (κ3) is 3.26. The van der Waals surface area contributed by atoms with E-state index in [4.69, 9.17) is 4.74 Å². The first-order valence-corrected chi connectivity index (χ1v) is 6.62. The third-order valence-corrected chi connectivity index (χ3v) is 3.55. The number of hydrogen-bond acceptors (Lipinski definition) is 3. The van der Waals surface area contributed by atoms with Gasteiger partial charge in [-0.25, -0.2) is 4.79 Å². The van der Waals surface area contributed by atoms with E-state index >= 15 is 0 Å². The molecule has 0 aromatic heterocycles. The number of anilines is 1. The summed E-state index contributed by atoms with van der Waals surface area (Å²) in [5.41, 5.74) is 1.88. The highest BCUT2D eigenvalue weighted by Gasteiger charge is 2.29. The smallest absolute Gasteiger partial charge is 0.337 e. The van der Waals surface area contributed by atoms with Crippen LogP contribution in [0.2, 0.25) is 0 Å². The number of nitrogens with one attached hydrogen (secondary N) is 1. The summed E-state index contributed by atoms with van der Waals surface area (Å²) in [7, 11) is 0. The summed E-state index contributed by atoms with van der Waals surface area (Å²) < 4.78 is 5.68. The number of carboxylic acids is 1. The zero-order valence-electron chi connectivity index (χ0n) is 11.7. The summed E-state index contributed by atoms with van der Waals surface area (Å²) in [5.74, 6) is -0.891. The fourth-order valence-corrected chi connectivity index (χ4v) is 2.60. The van der Waals surface area contributed by atoms with Gasteiger partial charge in [0.1, 0.15) is 0 Å². The van der Waals surface area contributed by atoms with Gasteiger partial charge in [0.05, 0.1) is 16.9 Å². The van der Waals surface area contributed by atoms with Crippen LogP contribution in [0.25, 0.3) is 0 Å². The Morgan fingerprint density at radius 1 is 1.47 bits per heavy atom. The molecule has 1 fully saturated rings. The van der Waals surface area contributed by atoms with Crippen molar-refractivity contribution in [2.75, 3.05) is 11.9 Å². The second-order valence-corrected chi connectivity index (χ2v) is 5.74. The molecule has 1 saturated heterocycles. The number of para-hydroxylation sites is 1. The lowest BCUT2D eigenvalue weighted by Gasteiger charge is -2.36. The van der Waals surface area contributed by atoms with Crippen LogP contribution in [-0.2, 0) is 4.74 Å². The number of carboxylic acid groups (broad SMARTS) is 1. The fourth-order valence-electron chi connectivity index (χ4n) is 2.60. The Morgan fingerprint density at radius 3 is 2.84 bits per heavy atom. The lowest BCUT2D eigenvalue weighted by Crippen LogP contribution is -2.40. The summed E-state index contributed by atoms with van der Waals surface area (Å²) >= 11 is 0. The molecule has 1 unspecified atom stereocenters. The third-order valence-electron chi connectivity index (χ3n) is 3.55. The Morgan fingerprint density at radius 2 is 2.21 bits per heavy atom. The molecule has 0 bridgehead atoms.